The predicted molar refractivity (Wildman–Crippen MR) is 109 cm³/mol. The molecule has 1 aromatic carbocycles. The Morgan fingerprint density at radius 1 is 1.26 bits per heavy atom. The maximum absolute atomic E-state index is 11.6. The molecule has 0 aliphatic heterocycles. The molecule has 0 radical (unpaired) electrons. The first-order valence-corrected chi connectivity index (χ1v) is 9.37. The van der Waals surface area contributed by atoms with Crippen LogP contribution in [0.3, 0.4) is 0 Å². The van der Waals surface area contributed by atoms with Crippen LogP contribution in [0.15, 0.2) is 41.5 Å². The zero-order valence-corrected chi connectivity index (χ0v) is 16.6. The molecule has 0 spiro atoms. The molecule has 0 unspecified atom stereocenters. The predicted octanol–water partition coefficient (Wildman–Crippen LogP) is 2.25. The SMILES string of the molecule is CCNC(=NCCNC(=O)C(C)C)N(C)Cc1ncc(-c2ccccc2)[nH]1. The van der Waals surface area contributed by atoms with E-state index in [1.807, 2.05) is 57.1 Å². The molecule has 0 fully saturated rings. The maximum atomic E-state index is 11.6. The van der Waals surface area contributed by atoms with Gasteiger partial charge in [0.25, 0.3) is 0 Å². The van der Waals surface area contributed by atoms with E-state index in [0.717, 1.165) is 29.6 Å². The fourth-order valence-electron chi connectivity index (χ4n) is 2.52. The van der Waals surface area contributed by atoms with E-state index in [1.54, 1.807) is 0 Å². The number of benzene rings is 1. The highest BCUT2D eigenvalue weighted by Crippen LogP contribution is 2.16. The summed E-state index contributed by atoms with van der Waals surface area (Å²) < 4.78 is 0. The van der Waals surface area contributed by atoms with E-state index in [2.05, 4.69) is 37.7 Å². The third kappa shape index (κ3) is 6.44. The second kappa shape index (κ2) is 10.4. The van der Waals surface area contributed by atoms with Crippen molar-refractivity contribution < 1.29 is 4.79 Å². The van der Waals surface area contributed by atoms with Gasteiger partial charge in [0.1, 0.15) is 5.82 Å². The molecule has 3 N–H and O–H groups in total. The molecule has 146 valence electrons. The number of carbonyl (C=O) groups excluding carboxylic acids is 1. The molecular weight excluding hydrogens is 340 g/mol. The topological polar surface area (TPSA) is 85.4 Å². The number of aromatic nitrogens is 2. The summed E-state index contributed by atoms with van der Waals surface area (Å²) in [7, 11) is 1.97. The van der Waals surface area contributed by atoms with Gasteiger partial charge in [-0.15, -0.1) is 0 Å². The molecule has 0 aliphatic rings. The van der Waals surface area contributed by atoms with Gasteiger partial charge in [-0.1, -0.05) is 44.2 Å². The Morgan fingerprint density at radius 3 is 2.67 bits per heavy atom. The molecule has 7 nitrogen and oxygen atoms in total. The summed E-state index contributed by atoms with van der Waals surface area (Å²) in [6, 6.07) is 10.1. The van der Waals surface area contributed by atoms with Crippen molar-refractivity contribution in [2.45, 2.75) is 27.3 Å². The summed E-state index contributed by atoms with van der Waals surface area (Å²) in [6.07, 6.45) is 1.85. The summed E-state index contributed by atoms with van der Waals surface area (Å²) in [5, 5.41) is 6.15. The average Bonchev–Trinajstić information content (AvgIpc) is 3.13. The van der Waals surface area contributed by atoms with Gasteiger partial charge >= 0.3 is 0 Å². The third-order valence-corrected chi connectivity index (χ3v) is 3.99. The van der Waals surface area contributed by atoms with Crippen LogP contribution in [-0.2, 0) is 11.3 Å². The highest BCUT2D eigenvalue weighted by Gasteiger charge is 2.10. The number of hydrogen-bond donors (Lipinski definition) is 3. The number of imidazole rings is 1. The van der Waals surface area contributed by atoms with E-state index in [0.29, 0.717) is 19.6 Å². The zero-order chi connectivity index (χ0) is 19.6. The number of aromatic amines is 1. The van der Waals surface area contributed by atoms with Gasteiger partial charge < -0.3 is 20.5 Å². The number of guanidine groups is 1. The minimum absolute atomic E-state index is 0.0114. The number of carbonyl (C=O) groups is 1. The highest BCUT2D eigenvalue weighted by molar-refractivity contribution is 5.80. The Labute approximate surface area is 161 Å². The molecule has 0 atom stereocenters. The van der Waals surface area contributed by atoms with E-state index in [9.17, 15) is 4.79 Å². The quantitative estimate of drug-likeness (QED) is 0.378. The van der Waals surface area contributed by atoms with E-state index >= 15 is 0 Å². The normalized spacial score (nSPS) is 11.5. The number of nitrogens with zero attached hydrogens (tertiary/aromatic N) is 3. The Kier molecular flexibility index (Phi) is 7.85. The van der Waals surface area contributed by atoms with Crippen molar-refractivity contribution >= 4 is 11.9 Å². The fraction of sp³-hybridized carbons (Fsp3) is 0.450. The van der Waals surface area contributed by atoms with Crippen molar-refractivity contribution in [3.05, 3.63) is 42.4 Å². The monoisotopic (exact) mass is 370 g/mol. The van der Waals surface area contributed by atoms with E-state index in [-0.39, 0.29) is 11.8 Å². The molecular formula is C20H30N6O. The van der Waals surface area contributed by atoms with Crippen LogP contribution < -0.4 is 10.6 Å². The molecule has 0 aliphatic carbocycles. The zero-order valence-electron chi connectivity index (χ0n) is 16.6. The standard InChI is InChI=1S/C20H30N6O/c1-5-21-20(23-12-11-22-19(27)15(2)3)26(4)14-18-24-13-17(25-18)16-9-7-6-8-10-16/h6-10,13,15H,5,11-12,14H2,1-4H3,(H,21,23)(H,22,27)(H,24,25). The number of rotatable bonds is 8. The molecule has 27 heavy (non-hydrogen) atoms. The number of hydrogen-bond acceptors (Lipinski definition) is 3. The lowest BCUT2D eigenvalue weighted by Crippen LogP contribution is -2.39. The highest BCUT2D eigenvalue weighted by atomic mass is 16.1. The van der Waals surface area contributed by atoms with Crippen molar-refractivity contribution in [2.24, 2.45) is 10.9 Å². The molecule has 1 heterocycles. The van der Waals surface area contributed by atoms with Gasteiger partial charge in [0.2, 0.25) is 5.91 Å². The first kappa shape index (κ1) is 20.5. The molecule has 1 amide bonds. The van der Waals surface area contributed by atoms with Crippen LogP contribution in [0.5, 0.6) is 0 Å². The summed E-state index contributed by atoms with van der Waals surface area (Å²) >= 11 is 0. The molecule has 0 saturated carbocycles. The minimum atomic E-state index is -0.0114. The maximum Gasteiger partial charge on any atom is 0.222 e. The van der Waals surface area contributed by atoms with Crippen molar-refractivity contribution in [3.8, 4) is 11.3 Å². The molecule has 7 heteroatoms. The summed E-state index contributed by atoms with van der Waals surface area (Å²) in [5.41, 5.74) is 2.11. The lowest BCUT2D eigenvalue weighted by Gasteiger charge is -2.21. The molecule has 0 bridgehead atoms. The van der Waals surface area contributed by atoms with E-state index < -0.39 is 0 Å². The van der Waals surface area contributed by atoms with Crippen LogP contribution in [0.1, 0.15) is 26.6 Å². The van der Waals surface area contributed by atoms with Crippen LogP contribution in [0.4, 0.5) is 0 Å². The van der Waals surface area contributed by atoms with Gasteiger partial charge in [-0.05, 0) is 12.5 Å². The second-order valence-corrected chi connectivity index (χ2v) is 6.65. The first-order chi connectivity index (χ1) is 13.0. The van der Waals surface area contributed by atoms with Crippen molar-refractivity contribution in [2.75, 3.05) is 26.7 Å². The van der Waals surface area contributed by atoms with Crippen LogP contribution in [0, 0.1) is 5.92 Å². The van der Waals surface area contributed by atoms with Crippen LogP contribution in [-0.4, -0.2) is 53.4 Å². The van der Waals surface area contributed by atoms with Gasteiger partial charge in [0.15, 0.2) is 5.96 Å². The Hall–Kier alpha value is -2.83. The second-order valence-electron chi connectivity index (χ2n) is 6.65. The molecule has 2 aromatic rings. The summed E-state index contributed by atoms with van der Waals surface area (Å²) in [5.74, 6) is 1.69. The average molecular weight is 371 g/mol. The number of aliphatic imine (C=N–C) groups is 1. The Morgan fingerprint density at radius 2 is 2.00 bits per heavy atom. The van der Waals surface area contributed by atoms with Gasteiger partial charge in [0, 0.05) is 26.1 Å². The van der Waals surface area contributed by atoms with Crippen LogP contribution in [0.2, 0.25) is 0 Å². The van der Waals surface area contributed by atoms with Crippen molar-refractivity contribution in [1.29, 1.82) is 0 Å². The number of H-pyrrole nitrogens is 1. The van der Waals surface area contributed by atoms with Crippen molar-refractivity contribution in [1.82, 2.24) is 25.5 Å². The molecule has 2 rings (SSSR count). The lowest BCUT2D eigenvalue weighted by atomic mass is 10.2. The van der Waals surface area contributed by atoms with E-state index in [4.69, 9.17) is 0 Å². The lowest BCUT2D eigenvalue weighted by molar-refractivity contribution is -0.123. The van der Waals surface area contributed by atoms with Crippen molar-refractivity contribution in [3.63, 3.8) is 0 Å². The van der Waals surface area contributed by atoms with Gasteiger partial charge in [-0.3, -0.25) is 9.79 Å². The van der Waals surface area contributed by atoms with Gasteiger partial charge in [0.05, 0.1) is 25.0 Å². The van der Waals surface area contributed by atoms with E-state index in [1.165, 1.54) is 0 Å². The number of amides is 1. The summed E-state index contributed by atoms with van der Waals surface area (Å²) in [4.78, 5) is 26.0. The van der Waals surface area contributed by atoms with Gasteiger partial charge in [-0.25, -0.2) is 4.98 Å². The fourth-order valence-corrected chi connectivity index (χ4v) is 2.52. The molecule has 1 aromatic heterocycles. The Balaban J connectivity index is 1.94. The Bertz CT molecular complexity index is 738. The minimum Gasteiger partial charge on any atom is -0.357 e. The first-order valence-electron chi connectivity index (χ1n) is 9.37. The van der Waals surface area contributed by atoms with Gasteiger partial charge in [-0.2, -0.15) is 0 Å². The number of nitrogens with one attached hydrogen (secondary N) is 3. The third-order valence-electron chi connectivity index (χ3n) is 3.99. The largest absolute Gasteiger partial charge is 0.357 e. The van der Waals surface area contributed by atoms with Crippen LogP contribution >= 0.6 is 0 Å². The summed E-state index contributed by atoms with van der Waals surface area (Å²) in [6.45, 7) is 8.22. The molecule has 0 saturated heterocycles. The van der Waals surface area contributed by atoms with Crippen LogP contribution in [0.25, 0.3) is 11.3 Å². The smallest absolute Gasteiger partial charge is 0.222 e.